The van der Waals surface area contributed by atoms with Crippen LogP contribution in [0.1, 0.15) is 59.3 Å². The van der Waals surface area contributed by atoms with E-state index in [-0.39, 0.29) is 41.7 Å². The van der Waals surface area contributed by atoms with Gasteiger partial charge < -0.3 is 26.2 Å². The van der Waals surface area contributed by atoms with E-state index in [1.54, 1.807) is 48.5 Å². The van der Waals surface area contributed by atoms with Crippen LogP contribution in [-0.4, -0.2) is 51.6 Å². The van der Waals surface area contributed by atoms with Gasteiger partial charge in [-0.15, -0.1) is 0 Å². The third kappa shape index (κ3) is 7.96. The van der Waals surface area contributed by atoms with E-state index in [0.29, 0.717) is 51.7 Å². The number of phenols is 1. The van der Waals surface area contributed by atoms with Crippen LogP contribution in [0, 0.1) is 12.3 Å². The Morgan fingerprint density at radius 3 is 2.64 bits per heavy atom. The molecule has 0 unspecified atom stereocenters. The fourth-order valence-corrected chi connectivity index (χ4v) is 4.60. The molecule has 10 nitrogen and oxygen atoms in total. The summed E-state index contributed by atoms with van der Waals surface area (Å²) in [6.07, 6.45) is 3.93. The van der Waals surface area contributed by atoms with Crippen LogP contribution in [-0.2, 0) is 11.2 Å². The predicted molar refractivity (Wildman–Crippen MR) is 172 cm³/mol. The molecular formula is C33H37ClN6O4. The van der Waals surface area contributed by atoms with Gasteiger partial charge >= 0.3 is 0 Å². The summed E-state index contributed by atoms with van der Waals surface area (Å²) >= 11 is 5.97. The molecular weight excluding hydrogens is 580 g/mol. The van der Waals surface area contributed by atoms with E-state index in [1.807, 2.05) is 26.8 Å². The number of anilines is 1. The first-order chi connectivity index (χ1) is 21.2. The molecule has 0 aliphatic heterocycles. The van der Waals surface area contributed by atoms with Crippen LogP contribution in [0.4, 0.5) is 5.82 Å². The molecule has 44 heavy (non-hydrogen) atoms. The Labute approximate surface area is 261 Å². The summed E-state index contributed by atoms with van der Waals surface area (Å²) in [6.45, 7) is 5.99. The standard InChI is InChI=1S/C31H31ClN6O4.C2H6/c1-18-5-6-21(31(41)37-23-8-9-23)15-26(18)38-30(34)25(16-36-38)29(33)20-3-2-4-24(14-20)42-17-28(40)35-12-11-19-13-22(32)7-10-27(19)39;1-2/h2-7,10,13-16,23,33,39H,8-9,11-12,17,34H2,1H3,(H,35,40)(H,37,41);1-2H3. The molecule has 1 heterocycles. The third-order valence-electron chi connectivity index (χ3n) is 6.94. The molecule has 1 aliphatic rings. The first-order valence-corrected chi connectivity index (χ1v) is 14.9. The summed E-state index contributed by atoms with van der Waals surface area (Å²) in [4.78, 5) is 24.9. The van der Waals surface area contributed by atoms with Crippen molar-refractivity contribution in [2.24, 2.45) is 0 Å². The molecule has 0 saturated heterocycles. The fraction of sp³-hybridized carbons (Fsp3) is 0.273. The van der Waals surface area contributed by atoms with Gasteiger partial charge in [-0.2, -0.15) is 5.10 Å². The molecule has 11 heteroatoms. The molecule has 0 spiro atoms. The maximum absolute atomic E-state index is 12.6. The zero-order valence-electron chi connectivity index (χ0n) is 25.0. The monoisotopic (exact) mass is 616 g/mol. The number of carbonyl (C=O) groups is 2. The molecule has 0 bridgehead atoms. The third-order valence-corrected chi connectivity index (χ3v) is 7.17. The lowest BCUT2D eigenvalue weighted by Gasteiger charge is -2.12. The Morgan fingerprint density at radius 2 is 1.89 bits per heavy atom. The van der Waals surface area contributed by atoms with E-state index < -0.39 is 0 Å². The van der Waals surface area contributed by atoms with Gasteiger partial charge in [0.1, 0.15) is 17.3 Å². The molecule has 0 radical (unpaired) electrons. The number of nitrogens with two attached hydrogens (primary N) is 1. The van der Waals surface area contributed by atoms with E-state index in [9.17, 15) is 14.7 Å². The minimum absolute atomic E-state index is 0.121. The second-order valence-corrected chi connectivity index (χ2v) is 10.6. The number of aromatic hydroxyl groups is 1. The van der Waals surface area contributed by atoms with Crippen LogP contribution in [0.5, 0.6) is 11.5 Å². The summed E-state index contributed by atoms with van der Waals surface area (Å²) in [6, 6.07) is 17.2. The molecule has 0 atom stereocenters. The smallest absolute Gasteiger partial charge is 0.257 e. The summed E-state index contributed by atoms with van der Waals surface area (Å²) < 4.78 is 7.19. The van der Waals surface area contributed by atoms with E-state index in [4.69, 9.17) is 27.5 Å². The largest absolute Gasteiger partial charge is 0.508 e. The zero-order chi connectivity index (χ0) is 31.8. The number of benzene rings is 3. The van der Waals surface area contributed by atoms with Gasteiger partial charge in [-0.1, -0.05) is 43.6 Å². The molecule has 4 aromatic rings. The van der Waals surface area contributed by atoms with E-state index in [1.165, 1.54) is 16.9 Å². The van der Waals surface area contributed by atoms with Crippen molar-refractivity contribution in [2.75, 3.05) is 18.9 Å². The number of ether oxygens (including phenoxy) is 1. The van der Waals surface area contributed by atoms with Crippen LogP contribution >= 0.6 is 11.6 Å². The number of carbonyl (C=O) groups excluding carboxylic acids is 2. The predicted octanol–water partition coefficient (Wildman–Crippen LogP) is 5.19. The second kappa shape index (κ2) is 14.6. The number of nitrogen functional groups attached to an aromatic ring is 1. The Balaban J connectivity index is 0.00000216. The van der Waals surface area contributed by atoms with E-state index in [0.717, 1.165) is 18.4 Å². The molecule has 2 amide bonds. The van der Waals surface area contributed by atoms with Crippen molar-refractivity contribution in [1.82, 2.24) is 20.4 Å². The van der Waals surface area contributed by atoms with Crippen molar-refractivity contribution in [3.8, 4) is 17.2 Å². The number of aromatic nitrogens is 2. The molecule has 1 fully saturated rings. The molecule has 3 aromatic carbocycles. The maximum Gasteiger partial charge on any atom is 0.257 e. The van der Waals surface area contributed by atoms with Crippen LogP contribution in [0.15, 0.2) is 66.9 Å². The number of hydrogen-bond donors (Lipinski definition) is 5. The molecule has 230 valence electrons. The highest BCUT2D eigenvalue weighted by atomic mass is 35.5. The number of aryl methyl sites for hydroxylation is 1. The number of nitrogens with zero attached hydrogens (tertiary/aromatic N) is 2. The summed E-state index contributed by atoms with van der Waals surface area (Å²) in [7, 11) is 0. The highest BCUT2D eigenvalue weighted by molar-refractivity contribution is 6.30. The molecule has 6 N–H and O–H groups in total. The van der Waals surface area contributed by atoms with Crippen molar-refractivity contribution in [2.45, 2.75) is 46.1 Å². The minimum Gasteiger partial charge on any atom is -0.508 e. The summed E-state index contributed by atoms with van der Waals surface area (Å²) in [5.74, 6) is 0.333. The number of nitrogens with one attached hydrogen (secondary N) is 3. The number of halogens is 1. The lowest BCUT2D eigenvalue weighted by atomic mass is 10.0. The highest BCUT2D eigenvalue weighted by Crippen LogP contribution is 2.26. The lowest BCUT2D eigenvalue weighted by Crippen LogP contribution is -2.30. The topological polar surface area (TPSA) is 155 Å². The lowest BCUT2D eigenvalue weighted by molar-refractivity contribution is -0.123. The summed E-state index contributed by atoms with van der Waals surface area (Å²) in [5.41, 5.74) is 10.2. The van der Waals surface area contributed by atoms with Crippen molar-refractivity contribution < 1.29 is 19.4 Å². The number of hydrogen-bond acceptors (Lipinski definition) is 7. The molecule has 5 rings (SSSR count). The Kier molecular flexibility index (Phi) is 10.6. The number of phenolic OH excluding ortho intramolecular Hbond substituents is 1. The molecule has 1 saturated carbocycles. The number of amides is 2. The first-order valence-electron chi connectivity index (χ1n) is 14.5. The van der Waals surface area contributed by atoms with Crippen LogP contribution in [0.3, 0.4) is 0 Å². The summed E-state index contributed by atoms with van der Waals surface area (Å²) in [5, 5.41) is 29.4. The van der Waals surface area contributed by atoms with E-state index in [2.05, 4.69) is 15.7 Å². The molecule has 1 aliphatic carbocycles. The second-order valence-electron chi connectivity index (χ2n) is 10.2. The number of rotatable bonds is 11. The van der Waals surface area contributed by atoms with Crippen LogP contribution < -0.4 is 21.1 Å². The maximum atomic E-state index is 12.6. The normalized spacial score (nSPS) is 12.1. The van der Waals surface area contributed by atoms with Gasteiger partial charge in [-0.3, -0.25) is 15.0 Å². The van der Waals surface area contributed by atoms with Gasteiger partial charge in [-0.25, -0.2) is 4.68 Å². The van der Waals surface area contributed by atoms with Gasteiger partial charge in [0, 0.05) is 28.7 Å². The Morgan fingerprint density at radius 1 is 1.11 bits per heavy atom. The van der Waals surface area contributed by atoms with Crippen molar-refractivity contribution in [3.63, 3.8) is 0 Å². The average Bonchev–Trinajstić information content (AvgIpc) is 3.77. The SMILES string of the molecule is CC.Cc1ccc(C(=O)NC2CC2)cc1-n1ncc(C(=N)c2cccc(OCC(=O)NCCc3cc(Cl)ccc3O)c2)c1N. The Bertz CT molecular complexity index is 1660. The van der Waals surface area contributed by atoms with Crippen molar-refractivity contribution in [3.05, 3.63) is 99.7 Å². The average molecular weight is 617 g/mol. The van der Waals surface area contributed by atoms with Gasteiger partial charge in [0.25, 0.3) is 11.8 Å². The van der Waals surface area contributed by atoms with Crippen molar-refractivity contribution in [1.29, 1.82) is 5.41 Å². The fourth-order valence-electron chi connectivity index (χ4n) is 4.41. The quantitative estimate of drug-likeness (QED) is 0.146. The molecule has 1 aromatic heterocycles. The van der Waals surface area contributed by atoms with Crippen molar-refractivity contribution >= 4 is 34.9 Å². The highest BCUT2D eigenvalue weighted by Gasteiger charge is 2.24. The Hall–Kier alpha value is -4.83. The van der Waals surface area contributed by atoms with Gasteiger partial charge in [0.05, 0.1) is 23.2 Å². The van der Waals surface area contributed by atoms with Gasteiger partial charge in [-0.05, 0) is 79.8 Å². The van der Waals surface area contributed by atoms with Crippen LogP contribution in [0.25, 0.3) is 5.69 Å². The van der Waals surface area contributed by atoms with Crippen LogP contribution in [0.2, 0.25) is 5.02 Å². The minimum atomic E-state index is -0.328. The van der Waals surface area contributed by atoms with Gasteiger partial charge in [0.2, 0.25) is 0 Å². The van der Waals surface area contributed by atoms with Gasteiger partial charge in [0.15, 0.2) is 6.61 Å². The zero-order valence-corrected chi connectivity index (χ0v) is 25.7. The van der Waals surface area contributed by atoms with E-state index >= 15 is 0 Å². The first kappa shape index (κ1) is 32.1.